The van der Waals surface area contributed by atoms with Gasteiger partial charge < -0.3 is 5.32 Å². The highest BCUT2D eigenvalue weighted by molar-refractivity contribution is 7.13. The van der Waals surface area contributed by atoms with Gasteiger partial charge in [-0.2, -0.15) is 10.2 Å². The summed E-state index contributed by atoms with van der Waals surface area (Å²) in [5.74, 6) is -0.234. The molecule has 7 nitrogen and oxygen atoms in total. The smallest absolute Gasteiger partial charge is 0.257 e. The van der Waals surface area contributed by atoms with E-state index in [0.717, 1.165) is 33.1 Å². The second kappa shape index (κ2) is 9.00. The summed E-state index contributed by atoms with van der Waals surface area (Å²) in [5.41, 5.74) is 5.54. The lowest BCUT2D eigenvalue weighted by Gasteiger charge is -2.05. The Labute approximate surface area is 205 Å². The van der Waals surface area contributed by atoms with Crippen molar-refractivity contribution < 1.29 is 4.79 Å². The molecule has 0 bridgehead atoms. The van der Waals surface area contributed by atoms with Crippen LogP contribution in [-0.4, -0.2) is 30.3 Å². The standard InChI is InChI=1S/C27H20N6OS/c34-27(22-17-30-33-23(13-14-28-26(22)33)24-12-7-15-35-24)29-16-20-18-32(21-10-5-2-6-11-21)31-25(20)19-8-3-1-4-9-19/h1-15,17-18H,16H2,(H,29,34). The minimum Gasteiger partial charge on any atom is -0.348 e. The van der Waals surface area contributed by atoms with Crippen LogP contribution in [0.3, 0.4) is 0 Å². The van der Waals surface area contributed by atoms with Crippen LogP contribution >= 0.6 is 11.3 Å². The molecule has 0 atom stereocenters. The first-order valence-corrected chi connectivity index (χ1v) is 12.0. The molecule has 1 N–H and O–H groups in total. The highest BCUT2D eigenvalue weighted by atomic mass is 32.1. The number of carbonyl (C=O) groups is 1. The Kier molecular flexibility index (Phi) is 5.40. The van der Waals surface area contributed by atoms with Gasteiger partial charge in [-0.15, -0.1) is 11.3 Å². The first-order chi connectivity index (χ1) is 17.3. The van der Waals surface area contributed by atoms with Crippen LogP contribution in [0.4, 0.5) is 0 Å². The summed E-state index contributed by atoms with van der Waals surface area (Å²) >= 11 is 1.62. The molecule has 0 aliphatic rings. The summed E-state index contributed by atoms with van der Waals surface area (Å²) in [4.78, 5) is 18.7. The lowest BCUT2D eigenvalue weighted by molar-refractivity contribution is 0.0952. The number of rotatable bonds is 6. The summed E-state index contributed by atoms with van der Waals surface area (Å²) in [6, 6.07) is 25.8. The number of hydrogen-bond donors (Lipinski definition) is 1. The Morgan fingerprint density at radius 1 is 0.943 bits per heavy atom. The van der Waals surface area contributed by atoms with E-state index in [4.69, 9.17) is 5.10 Å². The number of benzene rings is 2. The number of hydrogen-bond acceptors (Lipinski definition) is 5. The van der Waals surface area contributed by atoms with Crippen molar-refractivity contribution in [3.05, 3.63) is 114 Å². The van der Waals surface area contributed by atoms with Crippen molar-refractivity contribution >= 4 is 22.9 Å². The van der Waals surface area contributed by atoms with Gasteiger partial charge in [-0.3, -0.25) is 4.79 Å². The van der Waals surface area contributed by atoms with E-state index < -0.39 is 0 Å². The molecule has 4 aromatic heterocycles. The van der Waals surface area contributed by atoms with Gasteiger partial charge in [0.1, 0.15) is 5.56 Å². The highest BCUT2D eigenvalue weighted by Crippen LogP contribution is 2.26. The van der Waals surface area contributed by atoms with Crippen LogP contribution in [0.25, 0.3) is 33.2 Å². The van der Waals surface area contributed by atoms with Crippen molar-refractivity contribution in [3.8, 4) is 27.5 Å². The fourth-order valence-electron chi connectivity index (χ4n) is 4.02. The van der Waals surface area contributed by atoms with Gasteiger partial charge in [0.05, 0.1) is 28.1 Å². The summed E-state index contributed by atoms with van der Waals surface area (Å²) in [6.45, 7) is 0.317. The second-order valence-corrected chi connectivity index (χ2v) is 8.88. The van der Waals surface area contributed by atoms with Gasteiger partial charge in [-0.05, 0) is 29.6 Å². The molecule has 170 valence electrons. The Hall–Kier alpha value is -4.56. The molecular weight excluding hydrogens is 456 g/mol. The van der Waals surface area contributed by atoms with Crippen molar-refractivity contribution in [1.82, 2.24) is 29.7 Å². The van der Waals surface area contributed by atoms with E-state index in [1.807, 2.05) is 95.1 Å². The Balaban J connectivity index is 1.31. The third kappa shape index (κ3) is 4.00. The van der Waals surface area contributed by atoms with Crippen molar-refractivity contribution in [2.75, 3.05) is 0 Å². The topological polar surface area (TPSA) is 77.1 Å². The summed E-state index contributed by atoms with van der Waals surface area (Å²) in [5, 5.41) is 14.3. The molecule has 0 spiro atoms. The van der Waals surface area contributed by atoms with Gasteiger partial charge in [0, 0.05) is 30.1 Å². The van der Waals surface area contributed by atoms with Crippen molar-refractivity contribution in [2.24, 2.45) is 0 Å². The normalized spacial score (nSPS) is 11.1. The number of aromatic nitrogens is 5. The van der Waals surface area contributed by atoms with Gasteiger partial charge in [0.2, 0.25) is 0 Å². The molecule has 4 heterocycles. The number of para-hydroxylation sites is 1. The Bertz CT molecular complexity index is 1600. The highest BCUT2D eigenvalue weighted by Gasteiger charge is 2.18. The van der Waals surface area contributed by atoms with Crippen LogP contribution < -0.4 is 5.32 Å². The average molecular weight is 477 g/mol. The molecule has 0 radical (unpaired) electrons. The summed E-state index contributed by atoms with van der Waals surface area (Å²) in [6.07, 6.45) is 5.24. The van der Waals surface area contributed by atoms with Crippen LogP contribution in [0.1, 0.15) is 15.9 Å². The van der Waals surface area contributed by atoms with E-state index in [2.05, 4.69) is 15.4 Å². The molecule has 2 aromatic carbocycles. The van der Waals surface area contributed by atoms with E-state index in [-0.39, 0.29) is 5.91 Å². The first-order valence-electron chi connectivity index (χ1n) is 11.1. The van der Waals surface area contributed by atoms with Crippen LogP contribution in [0.15, 0.2) is 103 Å². The molecule has 0 saturated carbocycles. The van der Waals surface area contributed by atoms with Crippen LogP contribution in [0.2, 0.25) is 0 Å². The van der Waals surface area contributed by atoms with Gasteiger partial charge in [0.15, 0.2) is 5.65 Å². The van der Waals surface area contributed by atoms with E-state index in [1.54, 1.807) is 28.2 Å². The lowest BCUT2D eigenvalue weighted by Crippen LogP contribution is -2.23. The molecule has 8 heteroatoms. The zero-order chi connectivity index (χ0) is 23.6. The van der Waals surface area contributed by atoms with Gasteiger partial charge in [0.25, 0.3) is 5.91 Å². The molecule has 6 rings (SSSR count). The third-order valence-corrected chi connectivity index (χ3v) is 6.61. The monoisotopic (exact) mass is 476 g/mol. The maximum absolute atomic E-state index is 13.2. The van der Waals surface area contributed by atoms with E-state index >= 15 is 0 Å². The van der Waals surface area contributed by atoms with Gasteiger partial charge in [-0.1, -0.05) is 54.6 Å². The van der Waals surface area contributed by atoms with Crippen LogP contribution in [0.5, 0.6) is 0 Å². The SMILES string of the molecule is O=C(NCc1cn(-c2ccccc2)nc1-c1ccccc1)c1cnn2c(-c3cccs3)ccnc12. The molecule has 6 aromatic rings. The number of amides is 1. The van der Waals surface area contributed by atoms with E-state index in [9.17, 15) is 4.79 Å². The van der Waals surface area contributed by atoms with Crippen LogP contribution in [0, 0.1) is 0 Å². The number of thiophene rings is 1. The van der Waals surface area contributed by atoms with Crippen molar-refractivity contribution in [2.45, 2.75) is 6.54 Å². The van der Waals surface area contributed by atoms with Gasteiger partial charge >= 0.3 is 0 Å². The molecule has 0 fully saturated rings. The number of carbonyl (C=O) groups excluding carboxylic acids is 1. The van der Waals surface area contributed by atoms with E-state index in [0.29, 0.717) is 17.8 Å². The minimum absolute atomic E-state index is 0.234. The predicted molar refractivity (Wildman–Crippen MR) is 136 cm³/mol. The zero-order valence-electron chi connectivity index (χ0n) is 18.6. The number of nitrogens with zero attached hydrogens (tertiary/aromatic N) is 5. The summed E-state index contributed by atoms with van der Waals surface area (Å²) < 4.78 is 3.55. The molecule has 35 heavy (non-hydrogen) atoms. The molecule has 0 aliphatic carbocycles. The first kappa shape index (κ1) is 21.0. The second-order valence-electron chi connectivity index (χ2n) is 7.93. The lowest BCUT2D eigenvalue weighted by atomic mass is 10.1. The summed E-state index contributed by atoms with van der Waals surface area (Å²) in [7, 11) is 0. The average Bonchev–Trinajstić information content (AvgIpc) is 3.68. The third-order valence-electron chi connectivity index (χ3n) is 5.72. The zero-order valence-corrected chi connectivity index (χ0v) is 19.4. The maximum Gasteiger partial charge on any atom is 0.257 e. The number of nitrogens with one attached hydrogen (secondary N) is 1. The fourth-order valence-corrected chi connectivity index (χ4v) is 4.76. The Morgan fingerprint density at radius 3 is 2.51 bits per heavy atom. The molecule has 1 amide bonds. The minimum atomic E-state index is -0.234. The number of fused-ring (bicyclic) bond motifs is 1. The largest absolute Gasteiger partial charge is 0.348 e. The Morgan fingerprint density at radius 2 is 1.74 bits per heavy atom. The van der Waals surface area contributed by atoms with Crippen LogP contribution in [-0.2, 0) is 6.54 Å². The quantitative estimate of drug-likeness (QED) is 0.357. The van der Waals surface area contributed by atoms with E-state index in [1.165, 1.54) is 0 Å². The van der Waals surface area contributed by atoms with Crippen molar-refractivity contribution in [3.63, 3.8) is 0 Å². The molecule has 0 unspecified atom stereocenters. The molecule has 0 aliphatic heterocycles. The fraction of sp³-hybridized carbons (Fsp3) is 0.0370. The van der Waals surface area contributed by atoms with Gasteiger partial charge in [-0.25, -0.2) is 14.2 Å². The molecule has 0 saturated heterocycles. The maximum atomic E-state index is 13.2. The molecular formula is C27H20N6OS. The van der Waals surface area contributed by atoms with Crippen molar-refractivity contribution in [1.29, 1.82) is 0 Å². The predicted octanol–water partition coefficient (Wildman–Crippen LogP) is 5.24.